The van der Waals surface area contributed by atoms with E-state index in [-0.39, 0.29) is 11.3 Å². The van der Waals surface area contributed by atoms with E-state index < -0.39 is 0 Å². The van der Waals surface area contributed by atoms with Gasteiger partial charge in [0.15, 0.2) is 0 Å². The first-order chi connectivity index (χ1) is 15.2. The van der Waals surface area contributed by atoms with Crippen molar-refractivity contribution in [1.82, 2.24) is 30.1 Å². The smallest absolute Gasteiger partial charge is 0.253 e. The van der Waals surface area contributed by atoms with Crippen molar-refractivity contribution < 1.29 is 9.53 Å². The highest BCUT2D eigenvalue weighted by molar-refractivity contribution is 5.94. The molecule has 8 nitrogen and oxygen atoms in total. The van der Waals surface area contributed by atoms with Crippen molar-refractivity contribution in [3.63, 3.8) is 0 Å². The second-order valence-electron chi connectivity index (χ2n) is 8.54. The summed E-state index contributed by atoms with van der Waals surface area (Å²) in [6.45, 7) is 3.15. The van der Waals surface area contributed by atoms with Gasteiger partial charge in [-0.1, -0.05) is 23.4 Å². The van der Waals surface area contributed by atoms with Crippen LogP contribution in [0.25, 0.3) is 28.0 Å². The normalized spacial score (nSPS) is 17.7. The number of rotatable bonds is 3. The molecule has 156 valence electrons. The highest BCUT2D eigenvalue weighted by Crippen LogP contribution is 2.37. The molecule has 0 unspecified atom stereocenters. The molecule has 2 aliphatic heterocycles. The van der Waals surface area contributed by atoms with E-state index in [0.717, 1.165) is 61.4 Å². The number of amides is 1. The van der Waals surface area contributed by atoms with E-state index in [1.165, 1.54) is 0 Å². The maximum absolute atomic E-state index is 13.0. The zero-order valence-electron chi connectivity index (χ0n) is 17.0. The lowest BCUT2D eigenvalue weighted by Crippen LogP contribution is -2.55. The van der Waals surface area contributed by atoms with Gasteiger partial charge in [0.1, 0.15) is 11.4 Å². The number of aromatic nitrogens is 5. The molecule has 2 fully saturated rings. The molecule has 2 aliphatic rings. The summed E-state index contributed by atoms with van der Waals surface area (Å²) in [5.41, 5.74) is 4.15. The molecule has 2 aromatic heterocycles. The van der Waals surface area contributed by atoms with Crippen molar-refractivity contribution >= 4 is 16.8 Å². The van der Waals surface area contributed by atoms with Crippen LogP contribution in [-0.4, -0.2) is 62.3 Å². The minimum atomic E-state index is 0.0831. The first kappa shape index (κ1) is 18.3. The van der Waals surface area contributed by atoms with E-state index in [2.05, 4.69) is 20.5 Å². The van der Waals surface area contributed by atoms with Crippen LogP contribution in [0.5, 0.6) is 0 Å². The average molecular weight is 414 g/mol. The summed E-state index contributed by atoms with van der Waals surface area (Å²) < 4.78 is 7.11. The number of hydrogen-bond donors (Lipinski definition) is 1. The number of fused-ring (bicyclic) bond motifs is 1. The van der Waals surface area contributed by atoms with Gasteiger partial charge in [-0.3, -0.25) is 9.89 Å². The molecule has 0 radical (unpaired) electrons. The van der Waals surface area contributed by atoms with Crippen LogP contribution in [-0.2, 0) is 4.74 Å². The minimum Gasteiger partial charge on any atom is -0.380 e. The van der Waals surface area contributed by atoms with Gasteiger partial charge >= 0.3 is 0 Å². The molecule has 2 saturated heterocycles. The van der Waals surface area contributed by atoms with Crippen molar-refractivity contribution in [3.05, 3.63) is 60.3 Å². The van der Waals surface area contributed by atoms with Crippen LogP contribution in [0, 0.1) is 5.41 Å². The monoisotopic (exact) mass is 414 g/mol. The van der Waals surface area contributed by atoms with E-state index in [1.54, 1.807) is 4.68 Å². The van der Waals surface area contributed by atoms with E-state index in [9.17, 15) is 4.79 Å². The largest absolute Gasteiger partial charge is 0.380 e. The molecule has 1 N–H and O–H groups in total. The number of carbonyl (C=O) groups excluding carboxylic acids is 1. The average Bonchev–Trinajstić information content (AvgIpc) is 3.45. The molecule has 0 bridgehead atoms. The van der Waals surface area contributed by atoms with Crippen LogP contribution in [0.2, 0.25) is 0 Å². The van der Waals surface area contributed by atoms with Crippen molar-refractivity contribution in [1.29, 1.82) is 0 Å². The van der Waals surface area contributed by atoms with Crippen LogP contribution in [0.1, 0.15) is 23.2 Å². The highest BCUT2D eigenvalue weighted by atomic mass is 16.5. The van der Waals surface area contributed by atoms with Gasteiger partial charge in [0.05, 0.1) is 30.6 Å². The standard InChI is InChI=1S/C23H22N6O2/c30-22(28-11-3-10-23(13-28)14-31-15-23)16-6-8-17(9-7-16)29-12-20(25-27-29)21-18-4-1-2-5-19(18)24-26-21/h1-2,4-9,12H,3,10-11,13-15H2,(H,24,26). The summed E-state index contributed by atoms with van der Waals surface area (Å²) in [4.78, 5) is 15.0. The van der Waals surface area contributed by atoms with E-state index in [0.29, 0.717) is 11.3 Å². The van der Waals surface area contributed by atoms with Gasteiger partial charge < -0.3 is 9.64 Å². The summed E-state index contributed by atoms with van der Waals surface area (Å²) in [6, 6.07) is 15.5. The lowest BCUT2D eigenvalue weighted by atomic mass is 9.78. The van der Waals surface area contributed by atoms with Crippen LogP contribution >= 0.6 is 0 Å². The third kappa shape index (κ3) is 3.11. The van der Waals surface area contributed by atoms with Crippen LogP contribution in [0.3, 0.4) is 0 Å². The zero-order chi connectivity index (χ0) is 20.8. The second-order valence-corrected chi connectivity index (χ2v) is 8.54. The van der Waals surface area contributed by atoms with Gasteiger partial charge in [-0.25, -0.2) is 4.68 Å². The Morgan fingerprint density at radius 2 is 1.94 bits per heavy atom. The number of hydrogen-bond acceptors (Lipinski definition) is 5. The number of nitrogens with zero attached hydrogens (tertiary/aromatic N) is 5. The molecule has 4 heterocycles. The first-order valence-electron chi connectivity index (χ1n) is 10.5. The number of H-pyrrole nitrogens is 1. The van der Waals surface area contributed by atoms with Gasteiger partial charge in [0.25, 0.3) is 5.91 Å². The molecule has 0 saturated carbocycles. The van der Waals surface area contributed by atoms with E-state index in [1.807, 2.05) is 59.6 Å². The Morgan fingerprint density at radius 3 is 2.74 bits per heavy atom. The van der Waals surface area contributed by atoms with Crippen molar-refractivity contribution in [2.45, 2.75) is 12.8 Å². The fourth-order valence-corrected chi connectivity index (χ4v) is 4.60. The summed E-state index contributed by atoms with van der Waals surface area (Å²) in [6.07, 6.45) is 4.04. The Bertz CT molecular complexity index is 1250. The summed E-state index contributed by atoms with van der Waals surface area (Å²) >= 11 is 0. The van der Waals surface area contributed by atoms with Crippen LogP contribution in [0.4, 0.5) is 0 Å². The SMILES string of the molecule is O=C(c1ccc(-n2cc(-c3n[nH]c4ccccc34)nn2)cc1)N1CCCC2(COC2)C1. The molecule has 6 rings (SSSR count). The zero-order valence-corrected chi connectivity index (χ0v) is 17.0. The Balaban J connectivity index is 1.22. The van der Waals surface area contributed by atoms with Crippen molar-refractivity contribution in [3.8, 4) is 17.1 Å². The first-order valence-corrected chi connectivity index (χ1v) is 10.5. The van der Waals surface area contributed by atoms with Crippen molar-refractivity contribution in [2.24, 2.45) is 5.41 Å². The van der Waals surface area contributed by atoms with Crippen molar-refractivity contribution in [2.75, 3.05) is 26.3 Å². The lowest BCUT2D eigenvalue weighted by Gasteiger charge is -2.48. The summed E-state index contributed by atoms with van der Waals surface area (Å²) in [5.74, 6) is 0.0831. The summed E-state index contributed by atoms with van der Waals surface area (Å²) in [7, 11) is 0. The Hall–Kier alpha value is -3.52. The van der Waals surface area contributed by atoms with Crippen LogP contribution in [0.15, 0.2) is 54.7 Å². The predicted molar refractivity (Wildman–Crippen MR) is 115 cm³/mol. The van der Waals surface area contributed by atoms with Gasteiger partial charge in [-0.15, -0.1) is 5.10 Å². The Kier molecular flexibility index (Phi) is 4.14. The quantitative estimate of drug-likeness (QED) is 0.557. The molecule has 2 aromatic carbocycles. The van der Waals surface area contributed by atoms with Crippen LogP contribution < -0.4 is 0 Å². The van der Waals surface area contributed by atoms with Gasteiger partial charge in [-0.2, -0.15) is 5.10 Å². The third-order valence-electron chi connectivity index (χ3n) is 6.35. The second kappa shape index (κ2) is 7.02. The van der Waals surface area contributed by atoms with Gasteiger partial charge in [-0.05, 0) is 43.2 Å². The molecule has 1 spiro atoms. The number of benzene rings is 2. The predicted octanol–water partition coefficient (Wildman–Crippen LogP) is 3.06. The highest BCUT2D eigenvalue weighted by Gasteiger charge is 2.43. The molecule has 0 atom stereocenters. The van der Waals surface area contributed by atoms with Gasteiger partial charge in [0, 0.05) is 29.5 Å². The molecule has 31 heavy (non-hydrogen) atoms. The van der Waals surface area contributed by atoms with Gasteiger partial charge in [0.2, 0.25) is 0 Å². The molecule has 8 heteroatoms. The van der Waals surface area contributed by atoms with E-state index in [4.69, 9.17) is 4.74 Å². The number of likely N-dealkylation sites (tertiary alicyclic amines) is 1. The van der Waals surface area contributed by atoms with E-state index >= 15 is 0 Å². The Morgan fingerprint density at radius 1 is 1.10 bits per heavy atom. The Labute approximate surface area is 178 Å². The number of para-hydroxylation sites is 1. The molecule has 4 aromatic rings. The number of aromatic amines is 1. The number of ether oxygens (including phenoxy) is 1. The summed E-state index contributed by atoms with van der Waals surface area (Å²) in [5, 5.41) is 17.0. The molecule has 0 aliphatic carbocycles. The number of carbonyl (C=O) groups is 1. The number of piperidine rings is 1. The fourth-order valence-electron chi connectivity index (χ4n) is 4.60. The maximum atomic E-state index is 13.0. The topological polar surface area (TPSA) is 88.9 Å². The fraction of sp³-hybridized carbons (Fsp3) is 0.304. The minimum absolute atomic E-state index is 0.0831. The molecular weight excluding hydrogens is 392 g/mol. The maximum Gasteiger partial charge on any atom is 0.253 e. The third-order valence-corrected chi connectivity index (χ3v) is 6.35. The molecular formula is C23H22N6O2. The molecule has 1 amide bonds. The number of nitrogens with one attached hydrogen (secondary N) is 1. The lowest BCUT2D eigenvalue weighted by molar-refractivity contribution is -0.138.